The largest absolute Gasteiger partial charge is 0.343 e. The first-order valence-electron chi connectivity index (χ1n) is 6.05. The molecule has 1 unspecified atom stereocenters. The van der Waals surface area contributed by atoms with Gasteiger partial charge in [0.25, 0.3) is 0 Å². The minimum absolute atomic E-state index is 0.305. The van der Waals surface area contributed by atoms with Gasteiger partial charge in [-0.15, -0.1) is 0 Å². The molecule has 0 spiro atoms. The predicted octanol–water partition coefficient (Wildman–Crippen LogP) is 2.72. The van der Waals surface area contributed by atoms with Crippen molar-refractivity contribution < 1.29 is 4.79 Å². The van der Waals surface area contributed by atoms with Crippen LogP contribution in [0.25, 0.3) is 0 Å². The molecule has 2 rings (SSSR count). The van der Waals surface area contributed by atoms with Gasteiger partial charge in [0.05, 0.1) is 0 Å². The van der Waals surface area contributed by atoms with Crippen LogP contribution in [0.2, 0.25) is 0 Å². The monoisotopic (exact) mass is 217 g/mol. The average molecular weight is 217 g/mol. The molecule has 0 saturated carbocycles. The fourth-order valence-corrected chi connectivity index (χ4v) is 2.34. The Balaban J connectivity index is 2.07. The van der Waals surface area contributed by atoms with Crippen molar-refractivity contribution >= 4 is 5.91 Å². The number of benzene rings is 1. The molecule has 2 nitrogen and oxygen atoms in total. The van der Waals surface area contributed by atoms with E-state index in [9.17, 15) is 4.79 Å². The Bertz CT molecular complexity index is 369. The Kier molecular flexibility index (Phi) is 3.28. The number of carbonyl (C=O) groups excluding carboxylic acids is 1. The number of rotatable bonds is 2. The zero-order chi connectivity index (χ0) is 11.5. The Morgan fingerprint density at radius 3 is 2.56 bits per heavy atom. The summed E-state index contributed by atoms with van der Waals surface area (Å²) < 4.78 is 0. The number of carbonyl (C=O) groups is 1. The molecule has 1 fully saturated rings. The highest BCUT2D eigenvalue weighted by molar-refractivity contribution is 5.78. The van der Waals surface area contributed by atoms with Crippen molar-refractivity contribution in [2.45, 2.75) is 32.6 Å². The van der Waals surface area contributed by atoms with Gasteiger partial charge in [-0.1, -0.05) is 29.8 Å². The number of likely N-dealkylation sites (tertiary alicyclic amines) is 1. The number of nitrogens with zero attached hydrogens (tertiary/aromatic N) is 1. The van der Waals surface area contributed by atoms with E-state index in [-0.39, 0.29) is 0 Å². The first-order valence-corrected chi connectivity index (χ1v) is 6.05. The zero-order valence-electron chi connectivity index (χ0n) is 10.1. The van der Waals surface area contributed by atoms with Gasteiger partial charge in [-0.3, -0.25) is 4.79 Å². The van der Waals surface area contributed by atoms with Gasteiger partial charge in [-0.25, -0.2) is 0 Å². The molecular weight excluding hydrogens is 198 g/mol. The van der Waals surface area contributed by atoms with Crippen molar-refractivity contribution in [2.24, 2.45) is 0 Å². The normalized spacial score (nSPS) is 21.2. The second-order valence-electron chi connectivity index (χ2n) is 4.57. The summed E-state index contributed by atoms with van der Waals surface area (Å²) in [5.41, 5.74) is 2.59. The highest BCUT2D eigenvalue weighted by Gasteiger charge is 2.25. The van der Waals surface area contributed by atoms with Crippen LogP contribution in [0.1, 0.15) is 36.8 Å². The number of amides is 1. The average Bonchev–Trinajstić information content (AvgIpc) is 2.30. The van der Waals surface area contributed by atoms with Gasteiger partial charge in [0.1, 0.15) is 0 Å². The van der Waals surface area contributed by atoms with Crippen molar-refractivity contribution in [1.29, 1.82) is 0 Å². The molecule has 1 aliphatic rings. The second kappa shape index (κ2) is 4.69. The summed E-state index contributed by atoms with van der Waals surface area (Å²) in [5.74, 6) is 0.732. The van der Waals surface area contributed by atoms with Gasteiger partial charge in [-0.05, 0) is 31.7 Å². The Hall–Kier alpha value is -1.31. The van der Waals surface area contributed by atoms with Gasteiger partial charge in [0, 0.05) is 19.5 Å². The third-order valence-electron chi connectivity index (χ3n) is 3.45. The molecule has 1 saturated heterocycles. The van der Waals surface area contributed by atoms with E-state index < -0.39 is 0 Å². The minimum Gasteiger partial charge on any atom is -0.343 e. The van der Waals surface area contributed by atoms with E-state index in [1.54, 1.807) is 0 Å². The maximum absolute atomic E-state index is 11.8. The fourth-order valence-electron chi connectivity index (χ4n) is 2.34. The lowest BCUT2D eigenvalue weighted by atomic mass is 9.88. The Morgan fingerprint density at radius 1 is 1.31 bits per heavy atom. The summed E-state index contributed by atoms with van der Waals surface area (Å²) in [4.78, 5) is 13.8. The molecule has 1 atom stereocenters. The highest BCUT2D eigenvalue weighted by Crippen LogP contribution is 2.28. The molecule has 0 N–H and O–H groups in total. The number of hydrogen-bond acceptors (Lipinski definition) is 1. The third-order valence-corrected chi connectivity index (χ3v) is 3.45. The van der Waals surface area contributed by atoms with E-state index in [4.69, 9.17) is 0 Å². The summed E-state index contributed by atoms with van der Waals surface area (Å²) >= 11 is 0. The van der Waals surface area contributed by atoms with E-state index in [0.717, 1.165) is 19.5 Å². The summed E-state index contributed by atoms with van der Waals surface area (Å²) in [6.45, 7) is 5.89. The van der Waals surface area contributed by atoms with Crippen molar-refractivity contribution in [2.75, 3.05) is 13.1 Å². The van der Waals surface area contributed by atoms with Crippen LogP contribution in [0, 0.1) is 6.92 Å². The number of hydrogen-bond donors (Lipinski definition) is 0. The van der Waals surface area contributed by atoms with Crippen LogP contribution in [0.5, 0.6) is 0 Å². The molecule has 0 bridgehead atoms. The van der Waals surface area contributed by atoms with Crippen molar-refractivity contribution in [3.05, 3.63) is 35.4 Å². The number of aryl methyl sites for hydroxylation is 1. The second-order valence-corrected chi connectivity index (χ2v) is 4.57. The van der Waals surface area contributed by atoms with E-state index in [1.165, 1.54) is 11.1 Å². The van der Waals surface area contributed by atoms with Crippen LogP contribution < -0.4 is 0 Å². The van der Waals surface area contributed by atoms with Gasteiger partial charge in [-0.2, -0.15) is 0 Å². The molecule has 1 aromatic carbocycles. The quantitative estimate of drug-likeness (QED) is 0.746. The van der Waals surface area contributed by atoms with E-state index in [1.807, 2.05) is 11.8 Å². The Labute approximate surface area is 97.3 Å². The lowest BCUT2D eigenvalue weighted by Crippen LogP contribution is -2.37. The van der Waals surface area contributed by atoms with Crippen LogP contribution in [-0.4, -0.2) is 23.9 Å². The lowest BCUT2D eigenvalue weighted by Gasteiger charge is -2.31. The predicted molar refractivity (Wildman–Crippen MR) is 65.4 cm³/mol. The van der Waals surface area contributed by atoms with Crippen LogP contribution in [0.15, 0.2) is 24.3 Å². The van der Waals surface area contributed by atoms with Crippen LogP contribution >= 0.6 is 0 Å². The zero-order valence-corrected chi connectivity index (χ0v) is 10.1. The summed E-state index contributed by atoms with van der Waals surface area (Å²) in [6.07, 6.45) is 1.78. The molecular formula is C14H19NO. The molecule has 0 radical (unpaired) electrons. The molecule has 16 heavy (non-hydrogen) atoms. The molecule has 1 aliphatic heterocycles. The van der Waals surface area contributed by atoms with E-state index >= 15 is 0 Å². The van der Waals surface area contributed by atoms with Crippen LogP contribution in [-0.2, 0) is 4.79 Å². The molecule has 0 aromatic heterocycles. The molecule has 1 aromatic rings. The molecule has 1 amide bonds. The SMILES string of the molecule is CCN1CCC(c2ccc(C)cc2)CC1=O. The summed E-state index contributed by atoms with van der Waals surface area (Å²) in [6, 6.07) is 8.59. The van der Waals surface area contributed by atoms with Crippen LogP contribution in [0.4, 0.5) is 0 Å². The smallest absolute Gasteiger partial charge is 0.223 e. The maximum Gasteiger partial charge on any atom is 0.223 e. The van der Waals surface area contributed by atoms with E-state index in [2.05, 4.69) is 31.2 Å². The summed E-state index contributed by atoms with van der Waals surface area (Å²) in [5, 5.41) is 0. The minimum atomic E-state index is 0.305. The van der Waals surface area contributed by atoms with Crippen molar-refractivity contribution in [3.63, 3.8) is 0 Å². The van der Waals surface area contributed by atoms with E-state index in [0.29, 0.717) is 18.2 Å². The van der Waals surface area contributed by atoms with Crippen molar-refractivity contribution in [1.82, 2.24) is 4.90 Å². The summed E-state index contributed by atoms with van der Waals surface area (Å²) in [7, 11) is 0. The van der Waals surface area contributed by atoms with Crippen LogP contribution in [0.3, 0.4) is 0 Å². The topological polar surface area (TPSA) is 20.3 Å². The maximum atomic E-state index is 11.8. The lowest BCUT2D eigenvalue weighted by molar-refractivity contribution is -0.133. The number of piperidine rings is 1. The molecule has 0 aliphatic carbocycles. The standard InChI is InChI=1S/C14H19NO/c1-3-15-9-8-13(10-14(15)16)12-6-4-11(2)5-7-12/h4-7,13H,3,8-10H2,1-2H3. The molecule has 86 valence electrons. The highest BCUT2D eigenvalue weighted by atomic mass is 16.2. The first kappa shape index (κ1) is 11.2. The first-order chi connectivity index (χ1) is 7.70. The Morgan fingerprint density at radius 2 is 2.00 bits per heavy atom. The van der Waals surface area contributed by atoms with Crippen molar-refractivity contribution in [3.8, 4) is 0 Å². The van der Waals surface area contributed by atoms with Gasteiger partial charge in [0.15, 0.2) is 0 Å². The van der Waals surface area contributed by atoms with Gasteiger partial charge in [0.2, 0.25) is 5.91 Å². The molecule has 1 heterocycles. The third kappa shape index (κ3) is 2.26. The van der Waals surface area contributed by atoms with Gasteiger partial charge < -0.3 is 4.90 Å². The fraction of sp³-hybridized carbons (Fsp3) is 0.500. The molecule has 2 heteroatoms. The van der Waals surface area contributed by atoms with Gasteiger partial charge >= 0.3 is 0 Å².